The lowest BCUT2D eigenvalue weighted by Crippen LogP contribution is -2.32. The number of rotatable bonds is 3. The first-order valence-electron chi connectivity index (χ1n) is 6.92. The fourth-order valence-corrected chi connectivity index (χ4v) is 3.74. The third-order valence-corrected chi connectivity index (χ3v) is 4.98. The van der Waals surface area contributed by atoms with Crippen LogP contribution in [0.5, 0.6) is 0 Å². The molecule has 2 aromatic rings. The van der Waals surface area contributed by atoms with Crippen molar-refractivity contribution in [3.63, 3.8) is 0 Å². The largest absolute Gasteiger partial charge is 0.409 e. The Morgan fingerprint density at radius 3 is 3.24 bits per heavy atom. The van der Waals surface area contributed by atoms with Gasteiger partial charge in [-0.05, 0) is 48.1 Å². The lowest BCUT2D eigenvalue weighted by Gasteiger charge is -2.33. The van der Waals surface area contributed by atoms with Crippen LogP contribution >= 0.6 is 11.3 Å². The van der Waals surface area contributed by atoms with E-state index in [2.05, 4.69) is 33.4 Å². The normalized spacial score (nSPS) is 19.5. The first-order valence-corrected chi connectivity index (χ1v) is 7.80. The quantitative estimate of drug-likeness (QED) is 0.395. The Hall–Kier alpha value is -1.92. The van der Waals surface area contributed by atoms with Gasteiger partial charge in [0.1, 0.15) is 5.69 Å². The predicted octanol–water partition coefficient (Wildman–Crippen LogP) is 2.36. The zero-order valence-corrected chi connectivity index (χ0v) is 12.7. The summed E-state index contributed by atoms with van der Waals surface area (Å²) in [7, 11) is 0. The minimum Gasteiger partial charge on any atom is -0.409 e. The molecule has 0 aliphatic carbocycles. The molecule has 2 aromatic heterocycles. The molecule has 6 heteroatoms. The highest BCUT2D eigenvalue weighted by molar-refractivity contribution is 7.10. The van der Waals surface area contributed by atoms with Crippen molar-refractivity contribution in [1.82, 2.24) is 9.88 Å². The fourth-order valence-electron chi connectivity index (χ4n) is 2.78. The molecule has 0 aromatic carbocycles. The van der Waals surface area contributed by atoms with E-state index in [1.54, 1.807) is 6.20 Å². The Labute approximate surface area is 127 Å². The molecule has 0 bridgehead atoms. The van der Waals surface area contributed by atoms with Crippen molar-refractivity contribution in [3.8, 4) is 0 Å². The van der Waals surface area contributed by atoms with E-state index >= 15 is 0 Å². The number of hydrogen-bond acceptors (Lipinski definition) is 5. The van der Waals surface area contributed by atoms with Crippen LogP contribution in [0, 0.1) is 0 Å². The van der Waals surface area contributed by atoms with Gasteiger partial charge < -0.3 is 10.9 Å². The Morgan fingerprint density at radius 2 is 2.43 bits per heavy atom. The van der Waals surface area contributed by atoms with E-state index in [0.29, 0.717) is 11.7 Å². The summed E-state index contributed by atoms with van der Waals surface area (Å²) in [4.78, 5) is 8.07. The molecule has 1 atom stereocenters. The van der Waals surface area contributed by atoms with Gasteiger partial charge in [0.25, 0.3) is 0 Å². The highest BCUT2D eigenvalue weighted by Crippen LogP contribution is 2.33. The number of fused-ring (bicyclic) bond motifs is 1. The number of nitrogens with zero attached hydrogens (tertiary/aromatic N) is 3. The van der Waals surface area contributed by atoms with Crippen LogP contribution in [0.1, 0.15) is 34.7 Å². The second kappa shape index (κ2) is 5.83. The second-order valence-electron chi connectivity index (χ2n) is 5.23. The van der Waals surface area contributed by atoms with Gasteiger partial charge in [-0.15, -0.1) is 11.3 Å². The van der Waals surface area contributed by atoms with E-state index in [1.165, 1.54) is 10.4 Å². The number of nitrogens with two attached hydrogens (primary N) is 1. The van der Waals surface area contributed by atoms with Gasteiger partial charge in [0.15, 0.2) is 5.84 Å². The van der Waals surface area contributed by atoms with E-state index in [-0.39, 0.29) is 5.84 Å². The lowest BCUT2D eigenvalue weighted by molar-refractivity contribution is 0.191. The number of thiophene rings is 1. The topological polar surface area (TPSA) is 74.7 Å². The monoisotopic (exact) mass is 302 g/mol. The predicted molar refractivity (Wildman–Crippen MR) is 83.6 cm³/mol. The number of pyridine rings is 1. The third kappa shape index (κ3) is 2.77. The van der Waals surface area contributed by atoms with Crippen LogP contribution in [-0.4, -0.2) is 27.5 Å². The van der Waals surface area contributed by atoms with Gasteiger partial charge in [0, 0.05) is 30.2 Å². The molecular formula is C15H18N4OS. The Morgan fingerprint density at radius 1 is 1.57 bits per heavy atom. The summed E-state index contributed by atoms with van der Waals surface area (Å²) in [6.45, 7) is 4.14. The minimum absolute atomic E-state index is 0.0451. The molecule has 1 aliphatic rings. The standard InChI is InChI=1S/C15H18N4OS/c1-10-12-4-7-21-14(12)3-6-19(10)9-11-2-5-17-13(8-11)15(16)18-20/h2,4-5,7-8,10,20H,3,6,9H2,1H3,(H2,16,18). The molecule has 3 rings (SSSR count). The molecule has 3 heterocycles. The first-order chi connectivity index (χ1) is 10.2. The first kappa shape index (κ1) is 14.0. The summed E-state index contributed by atoms with van der Waals surface area (Å²) in [6, 6.07) is 6.50. The van der Waals surface area contributed by atoms with Gasteiger partial charge in [0.05, 0.1) is 0 Å². The second-order valence-corrected chi connectivity index (χ2v) is 6.23. The lowest BCUT2D eigenvalue weighted by atomic mass is 10.0. The number of hydrogen-bond donors (Lipinski definition) is 2. The Balaban J connectivity index is 1.79. The zero-order chi connectivity index (χ0) is 14.8. The summed E-state index contributed by atoms with van der Waals surface area (Å²) in [6.07, 6.45) is 2.81. The molecule has 1 unspecified atom stereocenters. The van der Waals surface area contributed by atoms with Gasteiger partial charge in [-0.1, -0.05) is 5.16 Å². The van der Waals surface area contributed by atoms with E-state index in [1.807, 2.05) is 23.5 Å². The van der Waals surface area contributed by atoms with E-state index < -0.39 is 0 Å². The summed E-state index contributed by atoms with van der Waals surface area (Å²) >= 11 is 1.85. The number of amidine groups is 1. The summed E-state index contributed by atoms with van der Waals surface area (Å²) in [5, 5.41) is 13.9. The third-order valence-electron chi connectivity index (χ3n) is 3.98. The van der Waals surface area contributed by atoms with Gasteiger partial charge >= 0.3 is 0 Å². The van der Waals surface area contributed by atoms with Gasteiger partial charge in [-0.3, -0.25) is 9.88 Å². The molecule has 21 heavy (non-hydrogen) atoms. The minimum atomic E-state index is 0.0451. The van der Waals surface area contributed by atoms with E-state index in [9.17, 15) is 0 Å². The fraction of sp³-hybridized carbons (Fsp3) is 0.333. The highest BCUT2D eigenvalue weighted by atomic mass is 32.1. The maximum absolute atomic E-state index is 8.74. The molecule has 0 amide bonds. The summed E-state index contributed by atoms with van der Waals surface area (Å²) in [5.74, 6) is 0.0451. The van der Waals surface area contributed by atoms with E-state index in [0.717, 1.165) is 25.1 Å². The van der Waals surface area contributed by atoms with Crippen molar-refractivity contribution in [3.05, 3.63) is 51.5 Å². The molecule has 0 radical (unpaired) electrons. The van der Waals surface area contributed by atoms with Crippen LogP contribution in [0.2, 0.25) is 0 Å². The Kier molecular flexibility index (Phi) is 3.90. The SMILES string of the molecule is CC1c2ccsc2CCN1Cc1ccnc(C(N)=NO)c1. The smallest absolute Gasteiger partial charge is 0.188 e. The van der Waals surface area contributed by atoms with Crippen molar-refractivity contribution in [2.45, 2.75) is 25.9 Å². The zero-order valence-electron chi connectivity index (χ0n) is 11.9. The average Bonchev–Trinajstić information content (AvgIpc) is 2.99. The van der Waals surface area contributed by atoms with Crippen molar-refractivity contribution in [2.75, 3.05) is 6.54 Å². The molecule has 5 nitrogen and oxygen atoms in total. The van der Waals surface area contributed by atoms with Crippen LogP contribution in [0.15, 0.2) is 34.9 Å². The van der Waals surface area contributed by atoms with Crippen LogP contribution in [0.25, 0.3) is 0 Å². The van der Waals surface area contributed by atoms with Crippen molar-refractivity contribution in [1.29, 1.82) is 0 Å². The van der Waals surface area contributed by atoms with Gasteiger partial charge in [-0.2, -0.15) is 0 Å². The molecule has 0 spiro atoms. The van der Waals surface area contributed by atoms with Crippen molar-refractivity contribution < 1.29 is 5.21 Å². The molecule has 0 fully saturated rings. The molecular weight excluding hydrogens is 284 g/mol. The maximum atomic E-state index is 8.74. The summed E-state index contributed by atoms with van der Waals surface area (Å²) < 4.78 is 0. The molecule has 110 valence electrons. The highest BCUT2D eigenvalue weighted by Gasteiger charge is 2.24. The number of aromatic nitrogens is 1. The van der Waals surface area contributed by atoms with E-state index in [4.69, 9.17) is 10.9 Å². The molecule has 0 saturated heterocycles. The van der Waals surface area contributed by atoms with Crippen molar-refractivity contribution in [2.24, 2.45) is 10.9 Å². The van der Waals surface area contributed by atoms with Crippen molar-refractivity contribution >= 4 is 17.2 Å². The van der Waals surface area contributed by atoms with Crippen LogP contribution in [0.4, 0.5) is 0 Å². The molecule has 1 aliphatic heterocycles. The molecule has 0 saturated carbocycles. The van der Waals surface area contributed by atoms with Crippen LogP contribution in [0.3, 0.4) is 0 Å². The van der Waals surface area contributed by atoms with Gasteiger partial charge in [0.2, 0.25) is 0 Å². The average molecular weight is 302 g/mol. The maximum Gasteiger partial charge on any atom is 0.188 e. The van der Waals surface area contributed by atoms with Crippen LogP contribution in [-0.2, 0) is 13.0 Å². The molecule has 3 N–H and O–H groups in total. The number of oxime groups is 1. The van der Waals surface area contributed by atoms with Gasteiger partial charge in [-0.25, -0.2) is 0 Å². The van der Waals surface area contributed by atoms with Crippen LogP contribution < -0.4 is 5.73 Å². The summed E-state index contributed by atoms with van der Waals surface area (Å²) in [5.41, 5.74) is 8.67. The Bertz CT molecular complexity index is 667.